The van der Waals surface area contributed by atoms with Gasteiger partial charge in [-0.3, -0.25) is 4.79 Å². The van der Waals surface area contributed by atoms with Crippen LogP contribution in [0.3, 0.4) is 0 Å². The van der Waals surface area contributed by atoms with Gasteiger partial charge in [-0.05, 0) is 22.9 Å². The third-order valence-electron chi connectivity index (χ3n) is 2.47. The first-order valence-corrected chi connectivity index (χ1v) is 7.37. The second-order valence-corrected chi connectivity index (χ2v) is 5.91. The Kier molecular flexibility index (Phi) is 4.92. The highest BCUT2D eigenvalue weighted by Gasteiger charge is 2.15. The van der Waals surface area contributed by atoms with Gasteiger partial charge in [-0.25, -0.2) is 0 Å². The molecule has 2 aromatic heterocycles. The van der Waals surface area contributed by atoms with Crippen LogP contribution in [0.1, 0.15) is 9.75 Å². The van der Waals surface area contributed by atoms with E-state index in [0.29, 0.717) is 13.1 Å². The molecule has 0 saturated carbocycles. The average Bonchev–Trinajstić information content (AvgIpc) is 3.01. The van der Waals surface area contributed by atoms with Crippen molar-refractivity contribution in [3.63, 3.8) is 0 Å². The van der Waals surface area contributed by atoms with Gasteiger partial charge in [-0.15, -0.1) is 22.7 Å². The fourth-order valence-electron chi connectivity index (χ4n) is 1.63. The number of hydrogen-bond acceptors (Lipinski definition) is 4. The lowest BCUT2D eigenvalue weighted by molar-refractivity contribution is -0.136. The summed E-state index contributed by atoms with van der Waals surface area (Å²) < 4.78 is 4.94. The first-order chi connectivity index (χ1) is 8.79. The van der Waals surface area contributed by atoms with E-state index in [1.165, 1.54) is 9.75 Å². The zero-order chi connectivity index (χ0) is 12.8. The smallest absolute Gasteiger partial charge is 0.249 e. The minimum absolute atomic E-state index is 0.0271. The van der Waals surface area contributed by atoms with Crippen LogP contribution < -0.4 is 0 Å². The number of ether oxygens (including phenoxy) is 1. The third kappa shape index (κ3) is 3.66. The molecule has 0 saturated heterocycles. The molecule has 0 aliphatic rings. The van der Waals surface area contributed by atoms with E-state index in [1.54, 1.807) is 29.8 Å². The molecule has 18 heavy (non-hydrogen) atoms. The highest BCUT2D eigenvalue weighted by Crippen LogP contribution is 2.17. The van der Waals surface area contributed by atoms with E-state index in [0.717, 1.165) is 0 Å². The van der Waals surface area contributed by atoms with Crippen LogP contribution in [0.2, 0.25) is 0 Å². The lowest BCUT2D eigenvalue weighted by Gasteiger charge is -2.21. The minimum atomic E-state index is 0.0271. The van der Waals surface area contributed by atoms with Crippen LogP contribution in [0.4, 0.5) is 0 Å². The number of nitrogens with zero attached hydrogens (tertiary/aromatic N) is 1. The molecule has 1 amide bonds. The van der Waals surface area contributed by atoms with Crippen LogP contribution in [0, 0.1) is 0 Å². The Morgan fingerprint density at radius 3 is 2.11 bits per heavy atom. The highest BCUT2D eigenvalue weighted by atomic mass is 32.1. The van der Waals surface area contributed by atoms with E-state index >= 15 is 0 Å². The molecule has 0 N–H and O–H groups in total. The van der Waals surface area contributed by atoms with Crippen LogP contribution in [0.15, 0.2) is 35.0 Å². The fourth-order valence-corrected chi connectivity index (χ4v) is 3.07. The molecule has 0 atom stereocenters. The van der Waals surface area contributed by atoms with Crippen molar-refractivity contribution in [3.05, 3.63) is 44.8 Å². The van der Waals surface area contributed by atoms with Crippen LogP contribution in [0.5, 0.6) is 0 Å². The van der Waals surface area contributed by atoms with Gasteiger partial charge in [0.2, 0.25) is 5.91 Å². The topological polar surface area (TPSA) is 29.5 Å². The van der Waals surface area contributed by atoms with Crippen molar-refractivity contribution >= 4 is 28.6 Å². The van der Waals surface area contributed by atoms with Crippen molar-refractivity contribution in [1.29, 1.82) is 0 Å². The summed E-state index contributed by atoms with van der Waals surface area (Å²) in [5, 5.41) is 4.05. The number of carbonyl (C=O) groups is 1. The van der Waals surface area contributed by atoms with Gasteiger partial charge < -0.3 is 9.64 Å². The largest absolute Gasteiger partial charge is 0.375 e. The van der Waals surface area contributed by atoms with Gasteiger partial charge in [0.1, 0.15) is 6.61 Å². The molecule has 0 radical (unpaired) electrons. The maximum absolute atomic E-state index is 12.0. The molecular formula is C13H15NO2S2. The third-order valence-corrected chi connectivity index (χ3v) is 4.20. The highest BCUT2D eigenvalue weighted by molar-refractivity contribution is 7.10. The summed E-state index contributed by atoms with van der Waals surface area (Å²) in [5.74, 6) is 0.0271. The fraction of sp³-hybridized carbons (Fsp3) is 0.308. The second-order valence-electron chi connectivity index (χ2n) is 3.84. The van der Waals surface area contributed by atoms with Crippen LogP contribution in [0.25, 0.3) is 0 Å². The lowest BCUT2D eigenvalue weighted by Crippen LogP contribution is -2.32. The maximum Gasteiger partial charge on any atom is 0.249 e. The molecule has 5 heteroatoms. The van der Waals surface area contributed by atoms with Gasteiger partial charge in [0.05, 0.1) is 13.1 Å². The molecule has 0 aromatic carbocycles. The summed E-state index contributed by atoms with van der Waals surface area (Å²) >= 11 is 3.34. The molecule has 0 aliphatic heterocycles. The SMILES string of the molecule is COCC(=O)N(Cc1cccs1)Cc1cccs1. The zero-order valence-electron chi connectivity index (χ0n) is 10.2. The number of hydrogen-bond donors (Lipinski definition) is 0. The predicted molar refractivity (Wildman–Crippen MR) is 74.8 cm³/mol. The summed E-state index contributed by atoms with van der Waals surface area (Å²) in [7, 11) is 1.55. The first-order valence-electron chi connectivity index (χ1n) is 5.61. The molecule has 2 rings (SSSR count). The summed E-state index contributed by atoms with van der Waals surface area (Å²) in [5.41, 5.74) is 0. The monoisotopic (exact) mass is 281 g/mol. The quantitative estimate of drug-likeness (QED) is 0.814. The second kappa shape index (κ2) is 6.68. The van der Waals surface area contributed by atoms with Crippen LogP contribution in [-0.4, -0.2) is 24.5 Å². The normalized spacial score (nSPS) is 10.5. The van der Waals surface area contributed by atoms with E-state index in [2.05, 4.69) is 0 Å². The molecular weight excluding hydrogens is 266 g/mol. The molecule has 0 fully saturated rings. The van der Waals surface area contributed by atoms with Crippen molar-refractivity contribution in [2.75, 3.05) is 13.7 Å². The minimum Gasteiger partial charge on any atom is -0.375 e. The number of amides is 1. The van der Waals surface area contributed by atoms with Gasteiger partial charge in [-0.2, -0.15) is 0 Å². The van der Waals surface area contributed by atoms with E-state index in [4.69, 9.17) is 4.74 Å². The Bertz CT molecular complexity index is 429. The van der Waals surface area contributed by atoms with Gasteiger partial charge in [0.25, 0.3) is 0 Å². The summed E-state index contributed by atoms with van der Waals surface area (Å²) in [6, 6.07) is 8.10. The summed E-state index contributed by atoms with van der Waals surface area (Å²) in [6.45, 7) is 1.44. The average molecular weight is 281 g/mol. The van der Waals surface area contributed by atoms with Crippen molar-refractivity contribution in [2.24, 2.45) is 0 Å². The predicted octanol–water partition coefficient (Wildman–Crippen LogP) is 2.98. The maximum atomic E-state index is 12.0. The van der Waals surface area contributed by atoms with E-state index in [-0.39, 0.29) is 12.5 Å². The van der Waals surface area contributed by atoms with Gasteiger partial charge in [-0.1, -0.05) is 12.1 Å². The summed E-state index contributed by atoms with van der Waals surface area (Å²) in [4.78, 5) is 16.2. The molecule has 2 aromatic rings. The molecule has 96 valence electrons. The van der Waals surface area contributed by atoms with E-state index in [9.17, 15) is 4.79 Å². The molecule has 0 aliphatic carbocycles. The van der Waals surface area contributed by atoms with Crippen molar-refractivity contribution < 1.29 is 9.53 Å². The molecule has 0 spiro atoms. The first kappa shape index (κ1) is 13.3. The van der Waals surface area contributed by atoms with Crippen LogP contribution in [-0.2, 0) is 22.6 Å². The molecule has 2 heterocycles. The Morgan fingerprint density at radius 1 is 1.17 bits per heavy atom. The van der Waals surface area contributed by atoms with E-state index < -0.39 is 0 Å². The van der Waals surface area contributed by atoms with Crippen LogP contribution >= 0.6 is 22.7 Å². The molecule has 0 bridgehead atoms. The Morgan fingerprint density at radius 2 is 1.72 bits per heavy atom. The number of carbonyl (C=O) groups excluding carboxylic acids is 1. The van der Waals surface area contributed by atoms with Gasteiger partial charge in [0.15, 0.2) is 0 Å². The molecule has 3 nitrogen and oxygen atoms in total. The van der Waals surface area contributed by atoms with Gasteiger partial charge in [0, 0.05) is 16.9 Å². The summed E-state index contributed by atoms with van der Waals surface area (Å²) in [6.07, 6.45) is 0. The van der Waals surface area contributed by atoms with E-state index in [1.807, 2.05) is 39.9 Å². The standard InChI is InChI=1S/C13H15NO2S2/c1-16-10-13(15)14(8-11-4-2-6-17-11)9-12-5-3-7-18-12/h2-7H,8-10H2,1H3. The van der Waals surface area contributed by atoms with Crippen molar-refractivity contribution in [2.45, 2.75) is 13.1 Å². The van der Waals surface area contributed by atoms with Crippen molar-refractivity contribution in [3.8, 4) is 0 Å². The Labute approximate surface area is 115 Å². The Hall–Kier alpha value is -1.17. The lowest BCUT2D eigenvalue weighted by atomic mass is 10.3. The van der Waals surface area contributed by atoms with Gasteiger partial charge >= 0.3 is 0 Å². The number of rotatable bonds is 6. The number of thiophene rings is 2. The van der Waals surface area contributed by atoms with Crippen molar-refractivity contribution in [1.82, 2.24) is 4.90 Å². The molecule has 0 unspecified atom stereocenters. The Balaban J connectivity index is 2.04. The number of methoxy groups -OCH3 is 1. The zero-order valence-corrected chi connectivity index (χ0v) is 11.8.